The van der Waals surface area contributed by atoms with Gasteiger partial charge in [0.25, 0.3) is 0 Å². The van der Waals surface area contributed by atoms with Gasteiger partial charge in [-0.2, -0.15) is 0 Å². The van der Waals surface area contributed by atoms with Gasteiger partial charge in [0.15, 0.2) is 9.84 Å². The Morgan fingerprint density at radius 3 is 2.38 bits per heavy atom. The van der Waals surface area contributed by atoms with Gasteiger partial charge < -0.3 is 15.8 Å². The van der Waals surface area contributed by atoms with E-state index in [9.17, 15) is 13.2 Å². The Bertz CT molecular complexity index is 682. The summed E-state index contributed by atoms with van der Waals surface area (Å²) in [5, 5.41) is 2.98. The van der Waals surface area contributed by atoms with E-state index in [1.165, 1.54) is 38.5 Å². The summed E-state index contributed by atoms with van der Waals surface area (Å²) in [5.74, 6) is -0.133. The molecule has 1 amide bonds. The molecular weight excluding hydrogens is 352 g/mol. The van der Waals surface area contributed by atoms with Crippen LogP contribution in [0.2, 0.25) is 0 Å². The summed E-state index contributed by atoms with van der Waals surface area (Å²) in [6.07, 6.45) is 5.70. The van der Waals surface area contributed by atoms with Crippen LogP contribution >= 0.6 is 0 Å². The van der Waals surface area contributed by atoms with Gasteiger partial charge in [-0.25, -0.2) is 8.42 Å². The van der Waals surface area contributed by atoms with E-state index in [-0.39, 0.29) is 22.6 Å². The lowest BCUT2D eigenvalue weighted by Gasteiger charge is -2.30. The summed E-state index contributed by atoms with van der Waals surface area (Å²) in [6, 6.07) is 6.14. The molecule has 2 rings (SSSR count). The first-order valence-electron chi connectivity index (χ1n) is 9.24. The Kier molecular flexibility index (Phi) is 7.46. The summed E-state index contributed by atoms with van der Waals surface area (Å²) in [6.45, 7) is 2.03. The number of hydrogen-bond acceptors (Lipinski definition) is 5. The van der Waals surface area contributed by atoms with Crippen molar-refractivity contribution in [3.8, 4) is 5.75 Å². The standard InChI is InChI=1S/C19H30N2O4S/c1-14(13-26(23,24)17-10-8-16(25-2)9-11-17)19(22)21-18(12-20)15-6-4-3-5-7-15/h8-11,14-15,18H,3-7,12-13,20H2,1-2H3,(H,21,22). The molecule has 0 saturated heterocycles. The highest BCUT2D eigenvalue weighted by atomic mass is 32.2. The molecule has 2 unspecified atom stereocenters. The van der Waals surface area contributed by atoms with Crippen molar-refractivity contribution in [3.05, 3.63) is 24.3 Å². The molecule has 1 saturated carbocycles. The van der Waals surface area contributed by atoms with Crippen LogP contribution in [0, 0.1) is 11.8 Å². The summed E-state index contributed by atoms with van der Waals surface area (Å²) in [7, 11) is -2.02. The number of ether oxygens (including phenoxy) is 1. The van der Waals surface area contributed by atoms with Crippen LogP contribution in [-0.4, -0.2) is 39.8 Å². The van der Waals surface area contributed by atoms with Gasteiger partial charge in [-0.3, -0.25) is 4.79 Å². The second-order valence-electron chi connectivity index (χ2n) is 7.11. The fourth-order valence-corrected chi connectivity index (χ4v) is 5.07. The monoisotopic (exact) mass is 382 g/mol. The topological polar surface area (TPSA) is 98.5 Å². The lowest BCUT2D eigenvalue weighted by atomic mass is 9.83. The molecule has 1 aliphatic rings. The van der Waals surface area contributed by atoms with Gasteiger partial charge in [0.1, 0.15) is 5.75 Å². The zero-order valence-electron chi connectivity index (χ0n) is 15.6. The van der Waals surface area contributed by atoms with Crippen LogP contribution in [0.3, 0.4) is 0 Å². The third kappa shape index (κ3) is 5.45. The molecule has 1 aromatic carbocycles. The Morgan fingerprint density at radius 1 is 1.23 bits per heavy atom. The molecular formula is C19H30N2O4S. The summed E-state index contributed by atoms with van der Waals surface area (Å²) in [4.78, 5) is 12.7. The van der Waals surface area contributed by atoms with Crippen LogP contribution in [0.4, 0.5) is 0 Å². The zero-order valence-corrected chi connectivity index (χ0v) is 16.4. The van der Waals surface area contributed by atoms with E-state index in [0.717, 1.165) is 12.8 Å². The van der Waals surface area contributed by atoms with E-state index in [0.29, 0.717) is 18.2 Å². The number of nitrogens with one attached hydrogen (secondary N) is 1. The fraction of sp³-hybridized carbons (Fsp3) is 0.632. The summed E-state index contributed by atoms with van der Waals surface area (Å²) < 4.78 is 30.2. The molecule has 146 valence electrons. The summed E-state index contributed by atoms with van der Waals surface area (Å²) in [5.41, 5.74) is 5.85. The van der Waals surface area contributed by atoms with Crippen LogP contribution in [0.25, 0.3) is 0 Å². The normalized spacial score (nSPS) is 18.1. The molecule has 1 aliphatic carbocycles. The number of carbonyl (C=O) groups excluding carboxylic acids is 1. The van der Waals surface area contributed by atoms with Crippen molar-refractivity contribution in [3.63, 3.8) is 0 Å². The van der Waals surface area contributed by atoms with Crippen LogP contribution in [0.5, 0.6) is 5.75 Å². The number of sulfone groups is 1. The smallest absolute Gasteiger partial charge is 0.224 e. The molecule has 6 nitrogen and oxygen atoms in total. The number of hydrogen-bond donors (Lipinski definition) is 2. The van der Waals surface area contributed by atoms with Gasteiger partial charge in [0.2, 0.25) is 5.91 Å². The second-order valence-corrected chi connectivity index (χ2v) is 9.14. The van der Waals surface area contributed by atoms with Gasteiger partial charge in [-0.05, 0) is 43.0 Å². The van der Waals surface area contributed by atoms with Crippen molar-refractivity contribution in [1.29, 1.82) is 0 Å². The number of rotatable bonds is 8. The van der Waals surface area contributed by atoms with Crippen molar-refractivity contribution >= 4 is 15.7 Å². The predicted octanol–water partition coefficient (Wildman–Crippen LogP) is 2.13. The van der Waals surface area contributed by atoms with Crippen molar-refractivity contribution in [2.45, 2.75) is 50.0 Å². The minimum absolute atomic E-state index is 0.0751. The van der Waals surface area contributed by atoms with Crippen LogP contribution in [0.15, 0.2) is 29.2 Å². The number of methoxy groups -OCH3 is 1. The molecule has 0 radical (unpaired) electrons. The van der Waals surface area contributed by atoms with Crippen molar-refractivity contribution < 1.29 is 17.9 Å². The molecule has 0 aromatic heterocycles. The Morgan fingerprint density at radius 2 is 1.85 bits per heavy atom. The van der Waals surface area contributed by atoms with Crippen molar-refractivity contribution in [2.75, 3.05) is 19.4 Å². The zero-order chi connectivity index (χ0) is 19.2. The quantitative estimate of drug-likeness (QED) is 0.718. The summed E-state index contributed by atoms with van der Waals surface area (Å²) >= 11 is 0. The lowest BCUT2D eigenvalue weighted by molar-refractivity contribution is -0.125. The van der Waals surface area contributed by atoms with E-state index in [2.05, 4.69) is 5.32 Å². The number of carbonyl (C=O) groups is 1. The molecule has 0 aliphatic heterocycles. The highest BCUT2D eigenvalue weighted by Gasteiger charge is 2.28. The second kappa shape index (κ2) is 9.37. The van der Waals surface area contributed by atoms with Gasteiger partial charge in [-0.15, -0.1) is 0 Å². The first-order chi connectivity index (χ1) is 12.4. The minimum atomic E-state index is -3.54. The molecule has 0 spiro atoms. The number of nitrogens with two attached hydrogens (primary N) is 1. The average molecular weight is 383 g/mol. The van der Waals surface area contributed by atoms with Gasteiger partial charge >= 0.3 is 0 Å². The molecule has 1 aromatic rings. The van der Waals surface area contributed by atoms with Crippen LogP contribution in [0.1, 0.15) is 39.0 Å². The Labute approximate surface area is 156 Å². The molecule has 26 heavy (non-hydrogen) atoms. The van der Waals surface area contributed by atoms with E-state index in [1.54, 1.807) is 19.1 Å². The largest absolute Gasteiger partial charge is 0.497 e. The first-order valence-corrected chi connectivity index (χ1v) is 10.9. The maximum atomic E-state index is 12.6. The highest BCUT2D eigenvalue weighted by molar-refractivity contribution is 7.91. The van der Waals surface area contributed by atoms with Crippen LogP contribution in [-0.2, 0) is 14.6 Å². The predicted molar refractivity (Wildman–Crippen MR) is 102 cm³/mol. The first kappa shape index (κ1) is 20.7. The Hall–Kier alpha value is -1.60. The average Bonchev–Trinajstić information content (AvgIpc) is 2.66. The molecule has 7 heteroatoms. The lowest BCUT2D eigenvalue weighted by Crippen LogP contribution is -2.48. The van der Waals surface area contributed by atoms with E-state index >= 15 is 0 Å². The van der Waals surface area contributed by atoms with E-state index < -0.39 is 15.8 Å². The van der Waals surface area contributed by atoms with E-state index in [4.69, 9.17) is 10.5 Å². The van der Waals surface area contributed by atoms with Gasteiger partial charge in [0.05, 0.1) is 17.8 Å². The van der Waals surface area contributed by atoms with E-state index in [1.807, 2.05) is 0 Å². The molecule has 0 heterocycles. The van der Waals surface area contributed by atoms with Crippen molar-refractivity contribution in [1.82, 2.24) is 5.32 Å². The minimum Gasteiger partial charge on any atom is -0.497 e. The SMILES string of the molecule is COc1ccc(S(=O)(=O)CC(C)C(=O)NC(CN)C2CCCCC2)cc1. The maximum absolute atomic E-state index is 12.6. The molecule has 1 fully saturated rings. The van der Waals surface area contributed by atoms with Gasteiger partial charge in [0, 0.05) is 18.5 Å². The third-order valence-corrected chi connectivity index (χ3v) is 7.07. The van der Waals surface area contributed by atoms with Crippen molar-refractivity contribution in [2.24, 2.45) is 17.6 Å². The molecule has 2 atom stereocenters. The molecule has 3 N–H and O–H groups in total. The highest BCUT2D eigenvalue weighted by Crippen LogP contribution is 2.26. The maximum Gasteiger partial charge on any atom is 0.224 e. The van der Waals surface area contributed by atoms with Crippen LogP contribution < -0.4 is 15.8 Å². The number of amides is 1. The Balaban J connectivity index is 1.97. The number of benzene rings is 1. The fourth-order valence-electron chi connectivity index (χ4n) is 3.51. The van der Waals surface area contributed by atoms with Gasteiger partial charge in [-0.1, -0.05) is 26.2 Å². The third-order valence-electron chi connectivity index (χ3n) is 5.14. The molecule has 0 bridgehead atoms.